The van der Waals surface area contributed by atoms with E-state index >= 15 is 0 Å². The van der Waals surface area contributed by atoms with E-state index in [1.54, 1.807) is 43.1 Å². The van der Waals surface area contributed by atoms with Gasteiger partial charge in [-0.2, -0.15) is 0 Å². The quantitative estimate of drug-likeness (QED) is 0.0826. The molecule has 12 heteroatoms. The molecule has 2 N–H and O–H groups in total. The van der Waals surface area contributed by atoms with E-state index in [2.05, 4.69) is 5.32 Å². The van der Waals surface area contributed by atoms with Crippen LogP contribution >= 0.6 is 11.8 Å². The van der Waals surface area contributed by atoms with Crippen LogP contribution in [-0.4, -0.2) is 30.0 Å². The second kappa shape index (κ2) is 14.4. The average Bonchev–Trinajstić information content (AvgIpc) is 3.08. The first-order valence-corrected chi connectivity index (χ1v) is 14.8. The van der Waals surface area contributed by atoms with Gasteiger partial charge < -0.3 is 24.6 Å². The van der Waals surface area contributed by atoms with Crippen molar-refractivity contribution in [3.8, 4) is 5.75 Å². The van der Waals surface area contributed by atoms with Gasteiger partial charge in [-0.3, -0.25) is 4.79 Å². The molecule has 4 aromatic carbocycles. The fraction of sp³-hybridized carbons (Fsp3) is 0.242. The largest absolute Gasteiger partial charge is 0.496 e. The van der Waals surface area contributed by atoms with Gasteiger partial charge in [-0.25, -0.2) is 22.0 Å². The molecule has 236 valence electrons. The van der Waals surface area contributed by atoms with E-state index in [4.69, 9.17) is 14.2 Å². The van der Waals surface area contributed by atoms with Crippen LogP contribution in [0.4, 0.5) is 22.0 Å². The predicted octanol–water partition coefficient (Wildman–Crippen LogP) is 7.15. The van der Waals surface area contributed by atoms with Crippen LogP contribution in [0.2, 0.25) is 0 Å². The Balaban J connectivity index is 1.30. The van der Waals surface area contributed by atoms with E-state index in [9.17, 15) is 31.9 Å². The number of amides is 1. The summed E-state index contributed by atoms with van der Waals surface area (Å²) in [5.41, 5.74) is 1.29. The molecule has 0 saturated carbocycles. The van der Waals surface area contributed by atoms with Crippen LogP contribution < -0.4 is 10.1 Å². The molecule has 4 aromatic rings. The highest BCUT2D eigenvalue weighted by Gasteiger charge is 2.33. The molecule has 1 heterocycles. The van der Waals surface area contributed by atoms with Crippen molar-refractivity contribution < 1.29 is 46.1 Å². The van der Waals surface area contributed by atoms with Gasteiger partial charge in [0.1, 0.15) is 11.3 Å². The molecular weight excluding hydrogens is 617 g/mol. The first-order valence-electron chi connectivity index (χ1n) is 13.8. The summed E-state index contributed by atoms with van der Waals surface area (Å²) in [5, 5.41) is 11.6. The molecule has 1 fully saturated rings. The number of ether oxygens (including phenoxy) is 3. The zero-order chi connectivity index (χ0) is 32.1. The Hall–Kier alpha value is -3.97. The van der Waals surface area contributed by atoms with Crippen LogP contribution in [-0.2, 0) is 22.6 Å². The standard InChI is InChI=1S/C33H28F5NO5S/c1-42-23-4-2-3-5-25(23)45-17-22-14-24(20-10-8-19(16-40)9-11-20)44-33(43-22)21-12-6-18(7-13-21)15-39-32(41)26-27(34)29(36)31(38)30(37)28(26)35/h2-13,22,24,33,40H,14-17H2,1H3,(H,39,41). The van der Waals surface area contributed by atoms with Crippen LogP contribution in [0.15, 0.2) is 77.7 Å². The molecule has 0 bridgehead atoms. The summed E-state index contributed by atoms with van der Waals surface area (Å²) in [5.74, 6) is -11.2. The molecule has 5 rings (SSSR count). The monoisotopic (exact) mass is 645 g/mol. The molecule has 0 aliphatic carbocycles. The summed E-state index contributed by atoms with van der Waals surface area (Å²) < 4.78 is 86.6. The van der Waals surface area contributed by atoms with E-state index in [0.717, 1.165) is 21.8 Å². The molecular formula is C33H28F5NO5S. The predicted molar refractivity (Wildman–Crippen MR) is 156 cm³/mol. The highest BCUT2D eigenvalue weighted by molar-refractivity contribution is 7.99. The molecule has 0 spiro atoms. The summed E-state index contributed by atoms with van der Waals surface area (Å²) in [4.78, 5) is 13.3. The number of carbonyl (C=O) groups excluding carboxylic acids is 1. The number of nitrogens with one attached hydrogen (secondary N) is 1. The Bertz CT molecular complexity index is 1630. The highest BCUT2D eigenvalue weighted by atomic mass is 32.2. The number of hydrogen-bond donors (Lipinski definition) is 2. The van der Waals surface area contributed by atoms with Crippen molar-refractivity contribution in [2.75, 3.05) is 12.9 Å². The molecule has 1 aliphatic heterocycles. The number of carbonyl (C=O) groups is 1. The van der Waals surface area contributed by atoms with Gasteiger partial charge in [0.15, 0.2) is 29.6 Å². The Morgan fingerprint density at radius 1 is 0.844 bits per heavy atom. The Labute approximate surface area is 260 Å². The van der Waals surface area contributed by atoms with Crippen molar-refractivity contribution >= 4 is 17.7 Å². The minimum atomic E-state index is -2.34. The molecule has 1 amide bonds. The van der Waals surface area contributed by atoms with Crippen LogP contribution in [0.1, 0.15) is 51.4 Å². The lowest BCUT2D eigenvalue weighted by Gasteiger charge is -2.36. The van der Waals surface area contributed by atoms with E-state index < -0.39 is 46.8 Å². The van der Waals surface area contributed by atoms with Crippen LogP contribution in [0, 0.1) is 29.1 Å². The van der Waals surface area contributed by atoms with E-state index in [0.29, 0.717) is 23.3 Å². The minimum absolute atomic E-state index is 0.0793. The first kappa shape index (κ1) is 32.4. The summed E-state index contributed by atoms with van der Waals surface area (Å²) in [6.07, 6.45) is -0.734. The third-order valence-corrected chi connectivity index (χ3v) is 8.44. The van der Waals surface area contributed by atoms with E-state index in [1.807, 2.05) is 48.5 Å². The Kier molecular flexibility index (Phi) is 10.4. The maximum atomic E-state index is 14.0. The summed E-state index contributed by atoms with van der Waals surface area (Å²) >= 11 is 1.59. The second-order valence-corrected chi connectivity index (χ2v) is 11.2. The van der Waals surface area contributed by atoms with Gasteiger partial charge in [0.05, 0.1) is 25.9 Å². The number of para-hydroxylation sites is 1. The lowest BCUT2D eigenvalue weighted by Crippen LogP contribution is -2.31. The first-order chi connectivity index (χ1) is 21.7. The van der Waals surface area contributed by atoms with Crippen molar-refractivity contribution in [1.29, 1.82) is 0 Å². The van der Waals surface area contributed by atoms with Crippen molar-refractivity contribution in [2.24, 2.45) is 0 Å². The van der Waals surface area contributed by atoms with Gasteiger partial charge in [-0.1, -0.05) is 60.7 Å². The SMILES string of the molecule is COc1ccccc1SCC1CC(c2ccc(CO)cc2)OC(c2ccc(CNC(=O)c3c(F)c(F)c(F)c(F)c3F)cc2)O1. The number of methoxy groups -OCH3 is 1. The fourth-order valence-corrected chi connectivity index (χ4v) is 5.86. The Morgan fingerprint density at radius 3 is 2.09 bits per heavy atom. The summed E-state index contributed by atoms with van der Waals surface area (Å²) in [6.45, 7) is -0.326. The molecule has 0 aromatic heterocycles. The zero-order valence-electron chi connectivity index (χ0n) is 23.9. The van der Waals surface area contributed by atoms with E-state index in [1.165, 1.54) is 0 Å². The average molecular weight is 646 g/mol. The topological polar surface area (TPSA) is 77.0 Å². The van der Waals surface area contributed by atoms with Gasteiger partial charge in [0.2, 0.25) is 5.82 Å². The number of rotatable bonds is 10. The second-order valence-electron chi connectivity index (χ2n) is 10.2. The lowest BCUT2D eigenvalue weighted by molar-refractivity contribution is -0.245. The lowest BCUT2D eigenvalue weighted by atomic mass is 10.0. The van der Waals surface area contributed by atoms with Gasteiger partial charge >= 0.3 is 0 Å². The maximum Gasteiger partial charge on any atom is 0.257 e. The highest BCUT2D eigenvalue weighted by Crippen LogP contribution is 2.40. The maximum absolute atomic E-state index is 14.0. The zero-order valence-corrected chi connectivity index (χ0v) is 24.7. The van der Waals surface area contributed by atoms with Crippen LogP contribution in [0.3, 0.4) is 0 Å². The van der Waals surface area contributed by atoms with Gasteiger partial charge in [0, 0.05) is 29.2 Å². The molecule has 0 radical (unpaired) electrons. The molecule has 45 heavy (non-hydrogen) atoms. The number of aliphatic hydroxyl groups is 1. The number of thioether (sulfide) groups is 1. The molecule has 3 atom stereocenters. The number of benzene rings is 4. The summed E-state index contributed by atoms with van der Waals surface area (Å²) in [6, 6.07) is 21.8. The summed E-state index contributed by atoms with van der Waals surface area (Å²) in [7, 11) is 1.61. The normalized spacial score (nSPS) is 18.1. The number of hydrogen-bond acceptors (Lipinski definition) is 6. The smallest absolute Gasteiger partial charge is 0.257 e. The third-order valence-electron chi connectivity index (χ3n) is 7.25. The van der Waals surface area contributed by atoms with Crippen molar-refractivity contribution in [2.45, 2.75) is 43.0 Å². The Morgan fingerprint density at radius 2 is 1.44 bits per heavy atom. The van der Waals surface area contributed by atoms with Gasteiger partial charge in [0.25, 0.3) is 5.91 Å². The number of aliphatic hydroxyl groups excluding tert-OH is 1. The fourth-order valence-electron chi connectivity index (χ4n) is 4.81. The van der Waals surface area contributed by atoms with Gasteiger partial charge in [-0.15, -0.1) is 11.8 Å². The van der Waals surface area contributed by atoms with Crippen LogP contribution in [0.5, 0.6) is 5.75 Å². The molecule has 1 saturated heterocycles. The minimum Gasteiger partial charge on any atom is -0.496 e. The molecule has 3 unspecified atom stereocenters. The number of halogens is 5. The van der Waals surface area contributed by atoms with Crippen molar-refractivity contribution in [1.82, 2.24) is 5.32 Å². The van der Waals surface area contributed by atoms with Gasteiger partial charge in [-0.05, 0) is 28.8 Å². The molecule has 6 nitrogen and oxygen atoms in total. The molecule has 1 aliphatic rings. The van der Waals surface area contributed by atoms with Crippen molar-refractivity contribution in [3.63, 3.8) is 0 Å². The van der Waals surface area contributed by atoms with Crippen LogP contribution in [0.25, 0.3) is 0 Å². The van der Waals surface area contributed by atoms with E-state index in [-0.39, 0.29) is 25.4 Å². The van der Waals surface area contributed by atoms with Crippen molar-refractivity contribution in [3.05, 3.63) is 130 Å². The third kappa shape index (κ3) is 7.30.